The Morgan fingerprint density at radius 3 is 2.51 bits per heavy atom. The number of likely N-dealkylation sites (tertiary alicyclic amines) is 1. The van der Waals surface area contributed by atoms with E-state index in [9.17, 15) is 19.5 Å². The second-order valence-electron chi connectivity index (χ2n) is 11.7. The first kappa shape index (κ1) is 29.0. The quantitative estimate of drug-likeness (QED) is 0.398. The number of amides is 3. The van der Waals surface area contributed by atoms with E-state index in [2.05, 4.69) is 13.2 Å². The molecule has 3 saturated heterocycles. The summed E-state index contributed by atoms with van der Waals surface area (Å²) in [6.45, 7) is 12.9. The van der Waals surface area contributed by atoms with Gasteiger partial charge in [0, 0.05) is 38.5 Å². The lowest BCUT2D eigenvalue weighted by Gasteiger charge is -2.37. The van der Waals surface area contributed by atoms with Gasteiger partial charge >= 0.3 is 0 Å². The number of rotatable bonds is 12. The third kappa shape index (κ3) is 4.67. The van der Waals surface area contributed by atoms with Gasteiger partial charge in [-0.2, -0.15) is 0 Å². The molecule has 2 unspecified atom stereocenters. The maximum absolute atomic E-state index is 14.7. The molecule has 218 valence electrons. The Hall–Kier alpha value is -3.49. The van der Waals surface area contributed by atoms with E-state index in [1.165, 1.54) is 0 Å². The van der Waals surface area contributed by atoms with Crippen LogP contribution in [0.25, 0.3) is 10.8 Å². The fourth-order valence-corrected chi connectivity index (χ4v) is 7.42. The monoisotopic (exact) mass is 559 g/mol. The molecule has 3 heterocycles. The van der Waals surface area contributed by atoms with E-state index in [1.807, 2.05) is 56.3 Å². The Labute approximate surface area is 242 Å². The lowest BCUT2D eigenvalue weighted by molar-refractivity contribution is -0.149. The highest BCUT2D eigenvalue weighted by molar-refractivity contribution is 6.06. The first-order valence-electron chi connectivity index (χ1n) is 14.7. The topological polar surface area (TPSA) is 90.4 Å². The number of fused-ring (bicyclic) bond motifs is 2. The molecule has 5 atom stereocenters. The minimum absolute atomic E-state index is 0.117. The van der Waals surface area contributed by atoms with Crippen molar-refractivity contribution in [3.63, 3.8) is 0 Å². The molecule has 5 rings (SSSR count). The molecular weight excluding hydrogens is 518 g/mol. The predicted octanol–water partition coefficient (Wildman–Crippen LogP) is 3.93. The van der Waals surface area contributed by atoms with Crippen molar-refractivity contribution < 1.29 is 24.2 Å². The van der Waals surface area contributed by atoms with E-state index in [4.69, 9.17) is 4.74 Å². The molecule has 3 aliphatic rings. The van der Waals surface area contributed by atoms with Gasteiger partial charge in [0.05, 0.1) is 17.4 Å². The Morgan fingerprint density at radius 2 is 1.83 bits per heavy atom. The largest absolute Gasteiger partial charge is 0.396 e. The standard InChI is InChI=1S/C33H41N3O5/c1-5-17-34(18-6-2)29(38)26-27-30(39)36(20-10-21-37)28(33(27)16-15-32(26,4)41-33)31(40)35(19-7-3)25-14-13-23-11-8-9-12-24(23)22-25/h5,7-9,11-14,22,26-28,37H,1,3,6,10,15-21H2,2,4H3/t26-,27+,28?,32+,33?/m1/s1. The van der Waals surface area contributed by atoms with Crippen LogP contribution in [0, 0.1) is 11.8 Å². The summed E-state index contributed by atoms with van der Waals surface area (Å²) in [6, 6.07) is 12.9. The minimum Gasteiger partial charge on any atom is -0.396 e. The van der Waals surface area contributed by atoms with Crippen LogP contribution >= 0.6 is 0 Å². The van der Waals surface area contributed by atoms with Crippen molar-refractivity contribution in [2.75, 3.05) is 37.7 Å². The Morgan fingerprint density at radius 1 is 1.10 bits per heavy atom. The first-order valence-corrected chi connectivity index (χ1v) is 14.7. The summed E-state index contributed by atoms with van der Waals surface area (Å²) in [7, 11) is 0. The minimum atomic E-state index is -1.12. The molecule has 0 radical (unpaired) electrons. The number of hydrogen-bond acceptors (Lipinski definition) is 5. The van der Waals surface area contributed by atoms with Crippen LogP contribution in [0.1, 0.15) is 39.5 Å². The fourth-order valence-electron chi connectivity index (χ4n) is 7.42. The van der Waals surface area contributed by atoms with Gasteiger partial charge in [-0.3, -0.25) is 14.4 Å². The van der Waals surface area contributed by atoms with Gasteiger partial charge in [-0.15, -0.1) is 13.2 Å². The maximum atomic E-state index is 14.7. The molecule has 3 fully saturated rings. The summed E-state index contributed by atoms with van der Waals surface area (Å²) < 4.78 is 6.79. The lowest BCUT2D eigenvalue weighted by Crippen LogP contribution is -2.56. The molecule has 2 aromatic carbocycles. The lowest BCUT2D eigenvalue weighted by atomic mass is 9.66. The average Bonchev–Trinajstić information content (AvgIpc) is 3.54. The number of aliphatic hydroxyl groups is 1. The number of benzene rings is 2. The van der Waals surface area contributed by atoms with Crippen molar-refractivity contribution in [2.45, 2.75) is 56.8 Å². The van der Waals surface area contributed by atoms with Gasteiger partial charge in [0.2, 0.25) is 11.8 Å². The zero-order valence-electron chi connectivity index (χ0n) is 24.1. The molecule has 3 amide bonds. The highest BCUT2D eigenvalue weighted by Gasteiger charge is 2.78. The molecule has 41 heavy (non-hydrogen) atoms. The summed E-state index contributed by atoms with van der Waals surface area (Å²) in [5.41, 5.74) is -1.27. The van der Waals surface area contributed by atoms with Crippen LogP contribution in [0.3, 0.4) is 0 Å². The van der Waals surface area contributed by atoms with Crippen molar-refractivity contribution in [3.05, 3.63) is 67.8 Å². The number of nitrogens with zero attached hydrogens (tertiary/aromatic N) is 3. The smallest absolute Gasteiger partial charge is 0.253 e. The average molecular weight is 560 g/mol. The molecule has 8 heteroatoms. The third-order valence-electron chi connectivity index (χ3n) is 9.11. The van der Waals surface area contributed by atoms with E-state index in [0.29, 0.717) is 38.0 Å². The molecule has 8 nitrogen and oxygen atoms in total. The van der Waals surface area contributed by atoms with E-state index in [-0.39, 0.29) is 37.4 Å². The van der Waals surface area contributed by atoms with E-state index >= 15 is 0 Å². The Kier molecular flexibility index (Phi) is 8.08. The van der Waals surface area contributed by atoms with Crippen molar-refractivity contribution in [1.29, 1.82) is 0 Å². The van der Waals surface area contributed by atoms with Crippen molar-refractivity contribution in [1.82, 2.24) is 9.80 Å². The van der Waals surface area contributed by atoms with Crippen LogP contribution < -0.4 is 4.90 Å². The first-order chi connectivity index (χ1) is 19.8. The Balaban J connectivity index is 1.58. The summed E-state index contributed by atoms with van der Waals surface area (Å²) >= 11 is 0. The van der Waals surface area contributed by atoms with Gasteiger partial charge in [0.15, 0.2) is 0 Å². The van der Waals surface area contributed by atoms with E-state index in [1.54, 1.807) is 26.9 Å². The van der Waals surface area contributed by atoms with Crippen LogP contribution in [0.2, 0.25) is 0 Å². The highest BCUT2D eigenvalue weighted by atomic mass is 16.5. The molecule has 0 aliphatic carbocycles. The number of carbonyl (C=O) groups is 3. The second-order valence-corrected chi connectivity index (χ2v) is 11.7. The van der Waals surface area contributed by atoms with Gasteiger partial charge in [-0.05, 0) is 55.5 Å². The fraction of sp³-hybridized carbons (Fsp3) is 0.485. The SMILES string of the molecule is C=CCN(CCC)C(=O)[C@H]1[C@H]2C(=O)N(CCCO)C(C(=O)N(CC=C)c3ccc4ccccc4c3)C23CC[C@]1(C)O3. The van der Waals surface area contributed by atoms with Crippen LogP contribution in [0.15, 0.2) is 67.8 Å². The van der Waals surface area contributed by atoms with Gasteiger partial charge in [0.25, 0.3) is 5.91 Å². The number of hydrogen-bond donors (Lipinski definition) is 1. The summed E-state index contributed by atoms with van der Waals surface area (Å²) in [5, 5.41) is 11.7. The zero-order valence-corrected chi connectivity index (χ0v) is 24.1. The molecule has 1 spiro atoms. The zero-order chi connectivity index (χ0) is 29.4. The van der Waals surface area contributed by atoms with Gasteiger partial charge in [-0.1, -0.05) is 49.4 Å². The normalized spacial score (nSPS) is 28.1. The van der Waals surface area contributed by atoms with Crippen LogP contribution in [0.5, 0.6) is 0 Å². The van der Waals surface area contributed by atoms with E-state index < -0.39 is 29.1 Å². The number of carbonyl (C=O) groups excluding carboxylic acids is 3. The van der Waals surface area contributed by atoms with Crippen molar-refractivity contribution in [3.8, 4) is 0 Å². The van der Waals surface area contributed by atoms with Crippen LogP contribution in [-0.2, 0) is 19.1 Å². The molecule has 0 saturated carbocycles. The molecule has 1 N–H and O–H groups in total. The van der Waals surface area contributed by atoms with Crippen molar-refractivity contribution >= 4 is 34.2 Å². The van der Waals surface area contributed by atoms with Crippen molar-refractivity contribution in [2.24, 2.45) is 11.8 Å². The van der Waals surface area contributed by atoms with Gasteiger partial charge < -0.3 is 24.5 Å². The molecule has 2 bridgehead atoms. The number of aliphatic hydroxyl groups excluding tert-OH is 1. The predicted molar refractivity (Wildman–Crippen MR) is 159 cm³/mol. The summed E-state index contributed by atoms with van der Waals surface area (Å²) in [6.07, 6.45) is 5.56. The van der Waals surface area contributed by atoms with Crippen LogP contribution in [0.4, 0.5) is 5.69 Å². The molecule has 2 aromatic rings. The second kappa shape index (κ2) is 11.4. The Bertz CT molecular complexity index is 1360. The van der Waals surface area contributed by atoms with Gasteiger partial charge in [0.1, 0.15) is 11.6 Å². The highest BCUT2D eigenvalue weighted by Crippen LogP contribution is 2.63. The molecule has 0 aromatic heterocycles. The summed E-state index contributed by atoms with van der Waals surface area (Å²) in [4.78, 5) is 48.0. The van der Waals surface area contributed by atoms with Crippen LogP contribution in [-0.4, -0.2) is 82.7 Å². The van der Waals surface area contributed by atoms with E-state index in [0.717, 1.165) is 17.2 Å². The summed E-state index contributed by atoms with van der Waals surface area (Å²) in [5.74, 6) is -2.10. The number of ether oxygens (including phenoxy) is 1. The third-order valence-corrected chi connectivity index (χ3v) is 9.11. The molecule has 3 aliphatic heterocycles. The molecular formula is C33H41N3O5. The van der Waals surface area contributed by atoms with Gasteiger partial charge in [-0.25, -0.2) is 0 Å². The number of anilines is 1. The maximum Gasteiger partial charge on any atom is 0.253 e.